The first-order valence-corrected chi connectivity index (χ1v) is 32.6. The fraction of sp³-hybridized carbons (Fsp3) is 0.532. The summed E-state index contributed by atoms with van der Waals surface area (Å²) in [4.78, 5) is 195. The van der Waals surface area contributed by atoms with Crippen LogP contribution in [-0.2, 0) is 86.4 Å². The summed E-state index contributed by atoms with van der Waals surface area (Å²) in [5.74, 6) is -15.7. The first kappa shape index (κ1) is 81.5. The number of thioether (sulfide) groups is 1. The second kappa shape index (κ2) is 41.9. The highest BCUT2D eigenvalue weighted by molar-refractivity contribution is 7.98. The Kier molecular flexibility index (Phi) is 35.2. The van der Waals surface area contributed by atoms with E-state index in [1.165, 1.54) is 48.6 Å². The molecule has 0 fully saturated rings. The van der Waals surface area contributed by atoms with Gasteiger partial charge in [-0.3, -0.25) is 62.3 Å². The fourth-order valence-electron chi connectivity index (χ4n) is 9.56. The number of H-pyrrole nitrogens is 1. The molecule has 0 aliphatic carbocycles. The Labute approximate surface area is 564 Å². The normalized spacial score (nSPS) is 14.5. The lowest BCUT2D eigenvalue weighted by Crippen LogP contribution is -2.61. The number of nitrogens with two attached hydrogens (primary N) is 3. The van der Waals surface area contributed by atoms with E-state index in [0.29, 0.717) is 29.7 Å². The van der Waals surface area contributed by atoms with Gasteiger partial charge in [-0.1, -0.05) is 70.2 Å². The number of phenolic OH excluding ortho intramolecular Hbond substituents is 1. The second-order valence-electron chi connectivity index (χ2n) is 23.6. The van der Waals surface area contributed by atoms with Gasteiger partial charge in [0, 0.05) is 31.2 Å². The molecule has 34 nitrogen and oxygen atoms in total. The topological polar surface area (TPSA) is 559 Å². The lowest BCUT2D eigenvalue weighted by atomic mass is 9.98. The summed E-state index contributed by atoms with van der Waals surface area (Å²) in [7, 11) is 0. The predicted octanol–water partition coefficient (Wildman–Crippen LogP) is -4.53. The van der Waals surface area contributed by atoms with Gasteiger partial charge in [-0.2, -0.15) is 11.8 Å². The molecule has 0 aliphatic rings. The summed E-state index contributed by atoms with van der Waals surface area (Å²) >= 11 is 1.36. The van der Waals surface area contributed by atoms with Crippen molar-refractivity contribution in [2.75, 3.05) is 31.6 Å². The molecule has 0 aliphatic heterocycles. The van der Waals surface area contributed by atoms with Gasteiger partial charge in [0.25, 0.3) is 0 Å². The molecule has 11 atom stereocenters. The number of nitrogens with one attached hydrogen (secondary N) is 12. The highest BCUT2D eigenvalue weighted by atomic mass is 32.2. The third kappa shape index (κ3) is 29.8. The van der Waals surface area contributed by atoms with E-state index < -0.39 is 181 Å². The number of aromatic amines is 1. The molecule has 0 saturated heterocycles. The molecule has 1 aromatic heterocycles. The number of carboxylic acids is 2. The number of carbonyl (C=O) groups excluding carboxylic acids is 12. The zero-order valence-electron chi connectivity index (χ0n) is 54.8. The van der Waals surface area contributed by atoms with E-state index in [2.05, 4.69) is 68.5 Å². The second-order valence-corrected chi connectivity index (χ2v) is 24.6. The third-order valence-corrected chi connectivity index (χ3v) is 15.3. The Morgan fingerprint density at radius 3 is 1.55 bits per heavy atom. The predicted molar refractivity (Wildman–Crippen MR) is 351 cm³/mol. The molecule has 3 rings (SSSR count). The Bertz CT molecular complexity index is 3140. The number of amides is 12. The first-order valence-electron chi connectivity index (χ1n) is 31.2. The number of aliphatic hydroxyl groups excluding tert-OH is 1. The lowest BCUT2D eigenvalue weighted by molar-refractivity contribution is -0.142. The smallest absolute Gasteiger partial charge is 0.326 e. The van der Waals surface area contributed by atoms with E-state index in [-0.39, 0.29) is 62.4 Å². The molecule has 534 valence electrons. The van der Waals surface area contributed by atoms with Crippen LogP contribution in [0.2, 0.25) is 0 Å². The number of aromatic hydroxyl groups is 1. The maximum Gasteiger partial charge on any atom is 0.326 e. The number of imidazole rings is 1. The van der Waals surface area contributed by atoms with Crippen molar-refractivity contribution >= 4 is 94.6 Å². The van der Waals surface area contributed by atoms with Crippen LogP contribution in [0.3, 0.4) is 0 Å². The van der Waals surface area contributed by atoms with E-state index >= 15 is 0 Å². The number of aromatic nitrogens is 2. The van der Waals surface area contributed by atoms with Crippen LogP contribution in [0.15, 0.2) is 67.1 Å². The van der Waals surface area contributed by atoms with Gasteiger partial charge < -0.3 is 101 Å². The zero-order chi connectivity index (χ0) is 72.5. The molecule has 0 bridgehead atoms. The quantitative estimate of drug-likeness (QED) is 0.0237. The summed E-state index contributed by atoms with van der Waals surface area (Å²) < 4.78 is 0. The van der Waals surface area contributed by atoms with E-state index in [1.54, 1.807) is 64.3 Å². The average Bonchev–Trinajstić information content (AvgIpc) is 1.42. The van der Waals surface area contributed by atoms with Gasteiger partial charge in [0.2, 0.25) is 70.9 Å². The molecule has 12 amide bonds. The molecule has 1 heterocycles. The molecular weight excluding hydrogens is 1290 g/mol. The number of nitrogens with zero attached hydrogens (tertiary/aromatic N) is 1. The Hall–Kier alpha value is -9.74. The minimum Gasteiger partial charge on any atom is -0.508 e. The maximum absolute atomic E-state index is 14.7. The van der Waals surface area contributed by atoms with Crippen LogP contribution in [0.25, 0.3) is 0 Å². The van der Waals surface area contributed by atoms with Gasteiger partial charge in [0.05, 0.1) is 38.4 Å². The van der Waals surface area contributed by atoms with Crippen LogP contribution in [0, 0.1) is 11.8 Å². The van der Waals surface area contributed by atoms with Gasteiger partial charge in [0.15, 0.2) is 0 Å². The molecule has 0 spiro atoms. The number of carboxylic acid groups (broad SMARTS) is 2. The third-order valence-electron chi connectivity index (χ3n) is 14.7. The van der Waals surface area contributed by atoms with Crippen molar-refractivity contribution in [2.45, 2.75) is 165 Å². The minimum absolute atomic E-state index is 0.0108. The van der Waals surface area contributed by atoms with Crippen LogP contribution in [0.1, 0.15) is 96.4 Å². The fourth-order valence-corrected chi connectivity index (χ4v) is 10.0. The van der Waals surface area contributed by atoms with Crippen LogP contribution in [0.5, 0.6) is 5.75 Å². The molecule has 0 radical (unpaired) electrons. The molecule has 0 unspecified atom stereocenters. The molecule has 35 heteroatoms. The van der Waals surface area contributed by atoms with E-state index in [0.717, 1.165) is 6.92 Å². The van der Waals surface area contributed by atoms with Crippen molar-refractivity contribution < 1.29 is 87.5 Å². The number of hydrogen-bond donors (Lipinski definition) is 19. The van der Waals surface area contributed by atoms with Crippen molar-refractivity contribution in [1.29, 1.82) is 0 Å². The highest BCUT2D eigenvalue weighted by Gasteiger charge is 2.38. The number of aliphatic carboxylic acids is 2. The van der Waals surface area contributed by atoms with Crippen molar-refractivity contribution in [2.24, 2.45) is 29.0 Å². The number of carbonyl (C=O) groups is 14. The molecule has 97 heavy (non-hydrogen) atoms. The van der Waals surface area contributed by atoms with Crippen LogP contribution in [0.4, 0.5) is 0 Å². The van der Waals surface area contributed by atoms with Crippen molar-refractivity contribution in [3.63, 3.8) is 0 Å². The largest absolute Gasteiger partial charge is 0.508 e. The summed E-state index contributed by atoms with van der Waals surface area (Å²) in [5, 5.41) is 67.0. The monoisotopic (exact) mass is 1380 g/mol. The lowest BCUT2D eigenvalue weighted by Gasteiger charge is -2.29. The first-order chi connectivity index (χ1) is 45.8. The number of unbranched alkanes of at least 4 members (excludes halogenated alkanes) is 1. The summed E-state index contributed by atoms with van der Waals surface area (Å²) in [5.41, 5.74) is 17.5. The molecule has 3 aromatic rings. The Balaban J connectivity index is 1.89. The van der Waals surface area contributed by atoms with Gasteiger partial charge >= 0.3 is 11.9 Å². The van der Waals surface area contributed by atoms with Gasteiger partial charge in [-0.25, -0.2) is 9.78 Å². The van der Waals surface area contributed by atoms with Crippen molar-refractivity contribution in [1.82, 2.24) is 68.5 Å². The van der Waals surface area contributed by atoms with Crippen molar-refractivity contribution in [3.05, 3.63) is 83.9 Å². The minimum atomic E-state index is -1.98. The highest BCUT2D eigenvalue weighted by Crippen LogP contribution is 2.16. The van der Waals surface area contributed by atoms with E-state index in [4.69, 9.17) is 17.2 Å². The molecule has 0 saturated carbocycles. The van der Waals surface area contributed by atoms with Crippen LogP contribution >= 0.6 is 11.8 Å². The zero-order valence-corrected chi connectivity index (χ0v) is 55.7. The van der Waals surface area contributed by atoms with Gasteiger partial charge in [-0.05, 0) is 92.7 Å². The van der Waals surface area contributed by atoms with E-state index in [1.807, 2.05) is 0 Å². The SMILES string of the molecule is CSCC[C@H](NC(=O)[C@H](Cc1ccc(O)cc1)NC(=O)[C@H](CC(C)C)NC(=O)[C@@H](NC(=O)[C@H](Cc1ccccc1)NC(=O)[C@H](Cc1cnc[nH]1)NC(=O)[C@H](CC(=O)O)NC(=O)CNC(=O)[C@@H](NC(=O)[C@H](CC(N)=O)NC(=O)[C@H](CCCCN)NC(=O)CN)[C@@H](C)O)C(C)C)C(=O)O. The number of rotatable bonds is 44. The molecule has 2 aromatic carbocycles. The Morgan fingerprint density at radius 1 is 0.536 bits per heavy atom. The standard InChI is InChI=1S/C62H92N16O18S/c1-32(2)22-41(54(87)72-42(24-36-15-17-38(80)18-16-36)55(88)71-40(62(95)96)19-21-97-6)76-61(94)51(33(3)4)77-58(91)43(23-35-12-8-7-9-13-35)73-56(89)44(25-37-29-66-31-68-37)74-57(90)46(27-50(84)85)70-49(83)30-67-60(93)52(34(5)79)78-59(92)45(26-47(65)81)75-53(86)39(14-10-11-20-63)69-48(82)28-64/h7-9,12-13,15-18,29,31-34,39-46,51-52,79-80H,10-11,14,19-28,30,63-64H2,1-6H3,(H2,65,81)(H,66,68)(H,67,93)(H,69,82)(H,70,83)(H,71,88)(H,72,87)(H,73,89)(H,74,90)(H,75,86)(H,76,94)(H,77,91)(H,78,92)(H,84,85)(H,95,96)/t34-,39+,40+,41+,42+,43+,44+,45+,46+,51+,52+/m1/s1. The summed E-state index contributed by atoms with van der Waals surface area (Å²) in [6.07, 6.45) is 0.846. The number of benzene rings is 2. The Morgan fingerprint density at radius 2 is 1.03 bits per heavy atom. The van der Waals surface area contributed by atoms with Gasteiger partial charge in [-0.15, -0.1) is 0 Å². The molecular formula is C62H92N16O18S. The van der Waals surface area contributed by atoms with Crippen LogP contribution < -0.4 is 75.7 Å². The maximum atomic E-state index is 14.7. The van der Waals surface area contributed by atoms with E-state index in [9.17, 15) is 87.5 Å². The van der Waals surface area contributed by atoms with Crippen LogP contribution in [-0.4, -0.2) is 211 Å². The number of hydrogen-bond acceptors (Lipinski definition) is 20. The van der Waals surface area contributed by atoms with Gasteiger partial charge in [0.1, 0.15) is 66.2 Å². The summed E-state index contributed by atoms with van der Waals surface area (Å²) in [6.45, 7) is 6.53. The molecule has 22 N–H and O–H groups in total. The van der Waals surface area contributed by atoms with Crippen molar-refractivity contribution in [3.8, 4) is 5.75 Å². The average molecular weight is 1380 g/mol. The number of primary amides is 1. The summed E-state index contributed by atoms with van der Waals surface area (Å²) in [6, 6.07) is -1.49. The number of aliphatic hydroxyl groups is 1. The number of phenols is 1.